The molecule has 0 aromatic rings. The van der Waals surface area contributed by atoms with E-state index in [-0.39, 0.29) is 5.92 Å². The fourth-order valence-corrected chi connectivity index (χ4v) is 2.80. The summed E-state index contributed by atoms with van der Waals surface area (Å²) in [6.07, 6.45) is 5.65. The van der Waals surface area contributed by atoms with Crippen LogP contribution in [-0.4, -0.2) is 0 Å². The monoisotopic (exact) mass is 172 g/mol. The predicted octanol–water partition coefficient (Wildman–Crippen LogP) is 3.59. The van der Waals surface area contributed by atoms with Crippen molar-refractivity contribution in [3.05, 3.63) is 12.2 Å². The molecule has 0 aromatic carbocycles. The van der Waals surface area contributed by atoms with Crippen molar-refractivity contribution in [2.24, 2.45) is 17.8 Å². The zero-order valence-electron chi connectivity index (χ0n) is 7.10. The van der Waals surface area contributed by atoms with Gasteiger partial charge >= 0.3 is 0 Å². The quantitative estimate of drug-likeness (QED) is 0.567. The van der Waals surface area contributed by atoms with E-state index in [9.17, 15) is 8.78 Å². The maximum absolute atomic E-state index is 12.0. The highest BCUT2D eigenvalue weighted by molar-refractivity contribution is 4.98. The van der Waals surface area contributed by atoms with E-state index in [1.807, 2.05) is 0 Å². The first-order valence-corrected chi connectivity index (χ1v) is 4.78. The molecule has 0 saturated heterocycles. The van der Waals surface area contributed by atoms with Gasteiger partial charge in [0.2, 0.25) is 0 Å². The van der Waals surface area contributed by atoms with Crippen LogP contribution in [0.2, 0.25) is 0 Å². The summed E-state index contributed by atoms with van der Waals surface area (Å²) in [5, 5.41) is 0. The van der Waals surface area contributed by atoms with Crippen LogP contribution in [0.3, 0.4) is 0 Å². The topological polar surface area (TPSA) is 0 Å². The average Bonchev–Trinajstić information content (AvgIpc) is 2.05. The summed E-state index contributed by atoms with van der Waals surface area (Å²) in [7, 11) is 0. The molecule has 3 saturated carbocycles. The lowest BCUT2D eigenvalue weighted by molar-refractivity contribution is 0.125. The minimum absolute atomic E-state index is 0.197. The smallest absolute Gasteiger partial charge is 0.174 e. The molecule has 0 amide bonds. The van der Waals surface area contributed by atoms with Gasteiger partial charge in [-0.1, -0.05) is 12.8 Å². The van der Waals surface area contributed by atoms with E-state index in [0.29, 0.717) is 5.92 Å². The molecule has 0 aliphatic heterocycles. The maximum atomic E-state index is 12.0. The third kappa shape index (κ3) is 1.52. The van der Waals surface area contributed by atoms with Gasteiger partial charge in [0.1, 0.15) is 0 Å². The molecule has 12 heavy (non-hydrogen) atoms. The lowest BCUT2D eigenvalue weighted by Crippen LogP contribution is -2.30. The lowest BCUT2D eigenvalue weighted by atomic mass is 9.65. The summed E-state index contributed by atoms with van der Waals surface area (Å²) in [6, 6.07) is 0. The van der Waals surface area contributed by atoms with Gasteiger partial charge in [-0.15, -0.1) is 0 Å². The molecular formula is C10H14F2. The van der Waals surface area contributed by atoms with E-state index in [1.54, 1.807) is 0 Å². The van der Waals surface area contributed by atoms with Crippen molar-refractivity contribution in [2.75, 3.05) is 0 Å². The number of fused-ring (bicyclic) bond motifs is 3. The zero-order chi connectivity index (χ0) is 8.55. The van der Waals surface area contributed by atoms with Crippen molar-refractivity contribution in [3.63, 3.8) is 0 Å². The van der Waals surface area contributed by atoms with Crippen molar-refractivity contribution < 1.29 is 8.78 Å². The minimum Gasteiger partial charge on any atom is -0.174 e. The Kier molecular flexibility index (Phi) is 2.16. The van der Waals surface area contributed by atoms with Crippen LogP contribution in [-0.2, 0) is 0 Å². The molecule has 2 heteroatoms. The molecular weight excluding hydrogens is 158 g/mol. The molecule has 0 N–H and O–H groups in total. The molecule has 0 heterocycles. The van der Waals surface area contributed by atoms with Crippen LogP contribution in [0.5, 0.6) is 0 Å². The normalized spacial score (nSPS) is 39.7. The molecule has 68 valence electrons. The summed E-state index contributed by atoms with van der Waals surface area (Å²) >= 11 is 0. The Hall–Kier alpha value is -0.400. The standard InChI is InChI=1S/C10H14F2/c11-10(12)6-9-5-7-1-3-8(9)4-2-7/h6-9H,1-5H2. The van der Waals surface area contributed by atoms with Gasteiger partial charge in [0.25, 0.3) is 6.08 Å². The highest BCUT2D eigenvalue weighted by Gasteiger charge is 2.34. The third-order valence-electron chi connectivity index (χ3n) is 3.44. The summed E-state index contributed by atoms with van der Waals surface area (Å²) < 4.78 is 24.0. The first kappa shape index (κ1) is 8.21. The number of allylic oxidation sites excluding steroid dienone is 1. The van der Waals surface area contributed by atoms with Crippen molar-refractivity contribution in [2.45, 2.75) is 32.1 Å². The Morgan fingerprint density at radius 2 is 1.75 bits per heavy atom. The van der Waals surface area contributed by atoms with E-state index in [0.717, 1.165) is 12.3 Å². The predicted molar refractivity (Wildman–Crippen MR) is 43.9 cm³/mol. The van der Waals surface area contributed by atoms with Crippen molar-refractivity contribution in [1.82, 2.24) is 0 Å². The zero-order valence-corrected chi connectivity index (χ0v) is 7.10. The molecule has 3 aliphatic rings. The minimum atomic E-state index is -1.48. The molecule has 3 rings (SSSR count). The number of halogens is 2. The Bertz CT molecular complexity index is 186. The Balaban J connectivity index is 2.04. The molecule has 0 spiro atoms. The van der Waals surface area contributed by atoms with Gasteiger partial charge in [0, 0.05) is 0 Å². The van der Waals surface area contributed by atoms with Gasteiger partial charge in [-0.3, -0.25) is 0 Å². The average molecular weight is 172 g/mol. The third-order valence-corrected chi connectivity index (χ3v) is 3.44. The molecule has 0 radical (unpaired) electrons. The number of rotatable bonds is 1. The first-order valence-electron chi connectivity index (χ1n) is 4.78. The SMILES string of the molecule is FC(F)=CC1CC2CCC1CC2. The van der Waals surface area contributed by atoms with E-state index in [1.165, 1.54) is 31.8 Å². The molecule has 1 atom stereocenters. The van der Waals surface area contributed by atoms with Gasteiger partial charge in [-0.05, 0) is 43.1 Å². The van der Waals surface area contributed by atoms with Gasteiger partial charge in [0.15, 0.2) is 0 Å². The van der Waals surface area contributed by atoms with E-state index < -0.39 is 6.08 Å². The van der Waals surface area contributed by atoms with Crippen LogP contribution >= 0.6 is 0 Å². The van der Waals surface area contributed by atoms with Crippen molar-refractivity contribution in [3.8, 4) is 0 Å². The van der Waals surface area contributed by atoms with Crippen LogP contribution in [0.25, 0.3) is 0 Å². The second-order valence-corrected chi connectivity index (χ2v) is 4.14. The number of hydrogen-bond donors (Lipinski definition) is 0. The van der Waals surface area contributed by atoms with Crippen LogP contribution in [0.4, 0.5) is 8.78 Å². The summed E-state index contributed by atoms with van der Waals surface area (Å²) in [5.41, 5.74) is 0. The molecule has 1 unspecified atom stereocenters. The van der Waals surface area contributed by atoms with Crippen LogP contribution in [0.1, 0.15) is 32.1 Å². The van der Waals surface area contributed by atoms with Gasteiger partial charge < -0.3 is 0 Å². The van der Waals surface area contributed by atoms with Gasteiger partial charge in [0.05, 0.1) is 0 Å². The second kappa shape index (κ2) is 3.15. The second-order valence-electron chi connectivity index (χ2n) is 4.14. The van der Waals surface area contributed by atoms with Crippen LogP contribution < -0.4 is 0 Å². The van der Waals surface area contributed by atoms with E-state index in [4.69, 9.17) is 0 Å². The molecule has 0 nitrogen and oxygen atoms in total. The van der Waals surface area contributed by atoms with Gasteiger partial charge in [-0.25, -0.2) is 0 Å². The van der Waals surface area contributed by atoms with E-state index >= 15 is 0 Å². The van der Waals surface area contributed by atoms with E-state index in [2.05, 4.69) is 0 Å². The summed E-state index contributed by atoms with van der Waals surface area (Å²) in [5.74, 6) is 1.51. The summed E-state index contributed by atoms with van der Waals surface area (Å²) in [4.78, 5) is 0. The van der Waals surface area contributed by atoms with Crippen LogP contribution in [0.15, 0.2) is 12.2 Å². The maximum Gasteiger partial charge on any atom is 0.266 e. The van der Waals surface area contributed by atoms with Crippen molar-refractivity contribution >= 4 is 0 Å². The number of hydrogen-bond acceptors (Lipinski definition) is 0. The fourth-order valence-electron chi connectivity index (χ4n) is 2.80. The highest BCUT2D eigenvalue weighted by atomic mass is 19.3. The van der Waals surface area contributed by atoms with Crippen LogP contribution in [0, 0.1) is 17.8 Å². The summed E-state index contributed by atoms with van der Waals surface area (Å²) in [6.45, 7) is 0. The Morgan fingerprint density at radius 3 is 2.17 bits per heavy atom. The highest BCUT2D eigenvalue weighted by Crippen LogP contribution is 2.45. The largest absolute Gasteiger partial charge is 0.266 e. The Morgan fingerprint density at radius 1 is 1.08 bits per heavy atom. The Labute approximate surface area is 71.7 Å². The van der Waals surface area contributed by atoms with Crippen molar-refractivity contribution in [1.29, 1.82) is 0 Å². The molecule has 0 aromatic heterocycles. The van der Waals surface area contributed by atoms with Gasteiger partial charge in [-0.2, -0.15) is 8.78 Å². The fraction of sp³-hybridized carbons (Fsp3) is 0.800. The lowest BCUT2D eigenvalue weighted by Gasteiger charge is -2.40. The molecule has 3 fully saturated rings. The first-order chi connectivity index (χ1) is 5.75. The molecule has 2 bridgehead atoms. The molecule has 3 aliphatic carbocycles.